The summed E-state index contributed by atoms with van der Waals surface area (Å²) in [5.74, 6) is -0.117. The molecule has 0 aromatic carbocycles. The third-order valence-corrected chi connectivity index (χ3v) is 3.85. The van der Waals surface area contributed by atoms with Gasteiger partial charge in [0.1, 0.15) is 0 Å². The molecule has 7 nitrogen and oxygen atoms in total. The molecule has 0 aliphatic heterocycles. The summed E-state index contributed by atoms with van der Waals surface area (Å²) in [6.07, 6.45) is 0.763. The Morgan fingerprint density at radius 3 is 2.43 bits per heavy atom. The third-order valence-electron chi connectivity index (χ3n) is 2.56. The summed E-state index contributed by atoms with van der Waals surface area (Å²) in [5.41, 5.74) is 5.56. The van der Waals surface area contributed by atoms with Crippen LogP contribution in [0, 0.1) is 5.92 Å². The molecule has 0 saturated heterocycles. The Hall–Kier alpha value is -0.410. The number of hydrogen-bond donors (Lipinski definition) is 3. The van der Waals surface area contributed by atoms with Gasteiger partial charge in [-0.1, -0.05) is 13.8 Å². The van der Waals surface area contributed by atoms with E-state index in [1.165, 1.54) is 0 Å². The molecule has 0 aliphatic rings. The summed E-state index contributed by atoms with van der Waals surface area (Å²) < 4.78 is 30.3. The van der Waals surface area contributed by atoms with E-state index in [4.69, 9.17) is 10.5 Å². The molecule has 9 heteroatoms. The summed E-state index contributed by atoms with van der Waals surface area (Å²) >= 11 is 0. The summed E-state index contributed by atoms with van der Waals surface area (Å²) in [4.78, 5) is 11.6. The summed E-state index contributed by atoms with van der Waals surface area (Å²) in [6, 6.07) is -0.129. The van der Waals surface area contributed by atoms with Crippen LogP contribution in [0.1, 0.15) is 27.2 Å². The number of carbonyl (C=O) groups excluding carboxylic acids is 1. The molecule has 0 aromatic rings. The predicted octanol–water partition coefficient (Wildman–Crippen LogP) is -0.146. The Kier molecular flexibility index (Phi) is 13.2. The van der Waals surface area contributed by atoms with E-state index < -0.39 is 10.0 Å². The first-order valence-electron chi connectivity index (χ1n) is 6.85. The van der Waals surface area contributed by atoms with Gasteiger partial charge in [-0.25, -0.2) is 13.1 Å². The highest BCUT2D eigenvalue weighted by atomic mass is 35.5. The lowest BCUT2D eigenvalue weighted by atomic mass is 10.0. The number of ether oxygens (including phenoxy) is 1. The number of amides is 1. The molecular weight excluding hydrogens is 318 g/mol. The molecule has 1 unspecified atom stereocenters. The van der Waals surface area contributed by atoms with Crippen molar-refractivity contribution < 1.29 is 17.9 Å². The molecule has 1 amide bonds. The molecule has 128 valence electrons. The highest BCUT2D eigenvalue weighted by molar-refractivity contribution is 7.89. The number of hydrogen-bond acceptors (Lipinski definition) is 5. The molecule has 0 saturated carbocycles. The summed E-state index contributed by atoms with van der Waals surface area (Å²) in [6.45, 7) is 6.49. The first kappa shape index (κ1) is 22.9. The van der Waals surface area contributed by atoms with Gasteiger partial charge in [-0.3, -0.25) is 4.79 Å². The van der Waals surface area contributed by atoms with Crippen molar-refractivity contribution >= 4 is 28.3 Å². The monoisotopic (exact) mass is 345 g/mol. The minimum absolute atomic E-state index is 0. The molecule has 21 heavy (non-hydrogen) atoms. The molecule has 0 fully saturated rings. The lowest BCUT2D eigenvalue weighted by Gasteiger charge is -2.18. The maximum atomic E-state index is 11.6. The van der Waals surface area contributed by atoms with E-state index in [1.807, 2.05) is 13.8 Å². The van der Waals surface area contributed by atoms with Gasteiger partial charge in [0.15, 0.2) is 0 Å². The van der Waals surface area contributed by atoms with Crippen LogP contribution in [0.5, 0.6) is 0 Å². The van der Waals surface area contributed by atoms with Crippen LogP contribution in [-0.2, 0) is 19.6 Å². The number of nitrogens with two attached hydrogens (primary N) is 1. The normalized spacial score (nSPS) is 12.8. The Labute approximate surface area is 133 Å². The van der Waals surface area contributed by atoms with Crippen molar-refractivity contribution in [2.24, 2.45) is 11.7 Å². The summed E-state index contributed by atoms with van der Waals surface area (Å²) in [7, 11) is -3.48. The Morgan fingerprint density at radius 2 is 1.95 bits per heavy atom. The smallest absolute Gasteiger partial charge is 0.235 e. The number of nitrogens with one attached hydrogen (secondary N) is 2. The van der Waals surface area contributed by atoms with E-state index in [0.29, 0.717) is 19.1 Å². The zero-order chi connectivity index (χ0) is 15.6. The van der Waals surface area contributed by atoms with Crippen molar-refractivity contribution in [1.82, 2.24) is 10.0 Å². The average Bonchev–Trinajstić information content (AvgIpc) is 2.35. The number of halogens is 1. The van der Waals surface area contributed by atoms with Crippen LogP contribution in [-0.4, -0.2) is 52.4 Å². The van der Waals surface area contributed by atoms with Crippen LogP contribution in [0.4, 0.5) is 0 Å². The fourth-order valence-corrected chi connectivity index (χ4v) is 2.46. The molecule has 0 aliphatic carbocycles. The van der Waals surface area contributed by atoms with Crippen molar-refractivity contribution in [3.05, 3.63) is 0 Å². The van der Waals surface area contributed by atoms with Gasteiger partial charge in [-0.05, 0) is 19.3 Å². The highest BCUT2D eigenvalue weighted by Gasteiger charge is 2.15. The Balaban J connectivity index is 0. The highest BCUT2D eigenvalue weighted by Crippen LogP contribution is 2.03. The standard InChI is InChI=1S/C12H27N3O4S.ClH/c1-4-19-5-6-20(17,18)14-9-12(16)15-11(8-13)7-10(2)3;/h10-11,14H,4-9,13H2,1-3H3,(H,15,16);1H. The van der Waals surface area contributed by atoms with E-state index in [2.05, 4.69) is 10.0 Å². The minimum Gasteiger partial charge on any atom is -0.381 e. The van der Waals surface area contributed by atoms with Gasteiger partial charge in [-0.2, -0.15) is 0 Å². The first-order valence-corrected chi connectivity index (χ1v) is 8.50. The van der Waals surface area contributed by atoms with Gasteiger partial charge in [-0.15, -0.1) is 12.4 Å². The molecule has 0 radical (unpaired) electrons. The largest absolute Gasteiger partial charge is 0.381 e. The fraction of sp³-hybridized carbons (Fsp3) is 0.917. The fourth-order valence-electron chi connectivity index (χ4n) is 1.62. The van der Waals surface area contributed by atoms with Crippen molar-refractivity contribution in [2.45, 2.75) is 33.2 Å². The van der Waals surface area contributed by atoms with Crippen molar-refractivity contribution in [3.8, 4) is 0 Å². The van der Waals surface area contributed by atoms with Gasteiger partial charge in [0.25, 0.3) is 0 Å². The minimum atomic E-state index is -3.48. The van der Waals surface area contributed by atoms with E-state index in [0.717, 1.165) is 6.42 Å². The molecule has 0 heterocycles. The van der Waals surface area contributed by atoms with Crippen molar-refractivity contribution in [3.63, 3.8) is 0 Å². The lowest BCUT2D eigenvalue weighted by Crippen LogP contribution is -2.46. The second-order valence-electron chi connectivity index (χ2n) is 4.97. The molecule has 1 atom stereocenters. The van der Waals surface area contributed by atoms with Crippen LogP contribution in [0.2, 0.25) is 0 Å². The molecule has 4 N–H and O–H groups in total. The first-order chi connectivity index (χ1) is 9.30. The molecule has 0 bridgehead atoms. The third kappa shape index (κ3) is 13.0. The van der Waals surface area contributed by atoms with Crippen LogP contribution in [0.3, 0.4) is 0 Å². The van der Waals surface area contributed by atoms with Gasteiger partial charge in [0, 0.05) is 19.2 Å². The van der Waals surface area contributed by atoms with Crippen LogP contribution in [0.15, 0.2) is 0 Å². The van der Waals surface area contributed by atoms with Crippen LogP contribution < -0.4 is 15.8 Å². The predicted molar refractivity (Wildman–Crippen MR) is 86.0 cm³/mol. The molecular formula is C12H28ClN3O4S. The average molecular weight is 346 g/mol. The second kappa shape index (κ2) is 12.2. The maximum Gasteiger partial charge on any atom is 0.235 e. The number of sulfonamides is 1. The van der Waals surface area contributed by atoms with Crippen LogP contribution in [0.25, 0.3) is 0 Å². The molecule has 0 spiro atoms. The SMILES string of the molecule is CCOCCS(=O)(=O)NCC(=O)NC(CN)CC(C)C.Cl. The maximum absolute atomic E-state index is 11.6. The number of carbonyl (C=O) groups is 1. The van der Waals surface area contributed by atoms with Gasteiger partial charge < -0.3 is 15.8 Å². The van der Waals surface area contributed by atoms with Crippen molar-refractivity contribution in [1.29, 1.82) is 0 Å². The quantitative estimate of drug-likeness (QED) is 0.451. The molecule has 0 rings (SSSR count). The van der Waals surface area contributed by atoms with E-state index in [9.17, 15) is 13.2 Å². The zero-order valence-corrected chi connectivity index (χ0v) is 14.6. The molecule has 0 aromatic heterocycles. The van der Waals surface area contributed by atoms with E-state index in [-0.39, 0.29) is 43.3 Å². The number of rotatable bonds is 11. The van der Waals surface area contributed by atoms with Gasteiger partial charge >= 0.3 is 0 Å². The Bertz CT molecular complexity index is 377. The van der Waals surface area contributed by atoms with Crippen LogP contribution >= 0.6 is 12.4 Å². The van der Waals surface area contributed by atoms with Gasteiger partial charge in [0.2, 0.25) is 15.9 Å². The summed E-state index contributed by atoms with van der Waals surface area (Å²) in [5, 5.41) is 2.72. The zero-order valence-electron chi connectivity index (χ0n) is 12.9. The lowest BCUT2D eigenvalue weighted by molar-refractivity contribution is -0.120. The van der Waals surface area contributed by atoms with E-state index >= 15 is 0 Å². The van der Waals surface area contributed by atoms with Gasteiger partial charge in [0.05, 0.1) is 18.9 Å². The second-order valence-corrected chi connectivity index (χ2v) is 6.89. The van der Waals surface area contributed by atoms with E-state index in [1.54, 1.807) is 6.92 Å². The topological polar surface area (TPSA) is 111 Å². The van der Waals surface area contributed by atoms with Crippen molar-refractivity contribution in [2.75, 3.05) is 32.1 Å². The Morgan fingerprint density at radius 1 is 1.33 bits per heavy atom.